The van der Waals surface area contributed by atoms with Crippen LogP contribution in [0.1, 0.15) is 99.3 Å². The van der Waals surface area contributed by atoms with E-state index in [1.165, 1.54) is 0 Å². The Labute approximate surface area is 422 Å². The van der Waals surface area contributed by atoms with Crippen LogP contribution in [0.2, 0.25) is 0 Å². The van der Waals surface area contributed by atoms with E-state index in [1.54, 1.807) is 18.1 Å². The molecule has 0 unspecified atom stereocenters. The highest BCUT2D eigenvalue weighted by Crippen LogP contribution is 2.55. The number of likely N-dealkylation sites (N-methyl/N-ethyl adjacent to an activating group) is 1. The molecule has 0 N–H and O–H groups in total. The molecular formula is C61H64FN5O5. The molecule has 0 radical (unpaired) electrons. The molecule has 3 heterocycles. The van der Waals surface area contributed by atoms with Crippen LogP contribution in [0, 0.1) is 12.7 Å². The smallest absolute Gasteiger partial charge is 0.410 e. The van der Waals surface area contributed by atoms with Crippen LogP contribution in [0.15, 0.2) is 146 Å². The lowest BCUT2D eigenvalue weighted by molar-refractivity contribution is 0.0292. The number of hydrogen-bond donors (Lipinski definition) is 0. The fourth-order valence-corrected chi connectivity index (χ4v) is 10.4. The summed E-state index contributed by atoms with van der Waals surface area (Å²) in [6.07, 6.45) is 3.79. The number of halogens is 1. The number of methoxy groups -OCH3 is 1. The number of pyridine rings is 1. The number of fused-ring (bicyclic) bond motifs is 2. The molecule has 10 nitrogen and oxygen atoms in total. The van der Waals surface area contributed by atoms with Gasteiger partial charge in [0.2, 0.25) is 5.88 Å². The topological polar surface area (TPSA) is 91.2 Å². The number of amides is 1. The Hall–Kier alpha value is -7.24. The molecule has 370 valence electrons. The van der Waals surface area contributed by atoms with Gasteiger partial charge in [0, 0.05) is 73.5 Å². The zero-order chi connectivity index (χ0) is 50.3. The summed E-state index contributed by atoms with van der Waals surface area (Å²) < 4.78 is 44.6. The molecule has 1 aliphatic carbocycles. The summed E-state index contributed by atoms with van der Waals surface area (Å²) in [6, 6.07) is 47.1. The van der Waals surface area contributed by atoms with Crippen molar-refractivity contribution >= 4 is 33.6 Å². The van der Waals surface area contributed by atoms with Crippen LogP contribution in [0.3, 0.4) is 0 Å². The maximum Gasteiger partial charge on any atom is 0.410 e. The van der Waals surface area contributed by atoms with Crippen LogP contribution < -0.4 is 14.4 Å². The van der Waals surface area contributed by atoms with Crippen molar-refractivity contribution in [2.75, 3.05) is 38.8 Å². The van der Waals surface area contributed by atoms with E-state index >= 15 is 4.39 Å². The predicted octanol–water partition coefficient (Wildman–Crippen LogP) is 13.4. The van der Waals surface area contributed by atoms with Gasteiger partial charge in [-0.1, -0.05) is 121 Å². The van der Waals surface area contributed by atoms with E-state index in [2.05, 4.69) is 109 Å². The monoisotopic (exact) mass is 965 g/mol. The van der Waals surface area contributed by atoms with Gasteiger partial charge in [-0.25, -0.2) is 14.2 Å². The van der Waals surface area contributed by atoms with Gasteiger partial charge in [-0.2, -0.15) is 5.10 Å². The molecule has 2 aliphatic rings. The van der Waals surface area contributed by atoms with Crippen LogP contribution in [0.25, 0.3) is 32.9 Å². The van der Waals surface area contributed by atoms with Gasteiger partial charge in [0.05, 0.1) is 17.3 Å². The van der Waals surface area contributed by atoms with Gasteiger partial charge in [0.25, 0.3) is 0 Å². The first-order chi connectivity index (χ1) is 34.7. The zero-order valence-electron chi connectivity index (χ0n) is 42.6. The number of ether oxygens (including phenoxy) is 4. The van der Waals surface area contributed by atoms with Crippen molar-refractivity contribution < 1.29 is 28.1 Å². The summed E-state index contributed by atoms with van der Waals surface area (Å²) in [5.41, 5.74) is 7.46. The number of hydrogen-bond acceptors (Lipinski definition) is 8. The summed E-state index contributed by atoms with van der Waals surface area (Å²) in [5, 5.41) is 7.08. The lowest BCUT2D eigenvalue weighted by atomic mass is 9.77. The van der Waals surface area contributed by atoms with Crippen LogP contribution >= 0.6 is 0 Å². The number of nitrogens with zero attached hydrogens (tertiary/aromatic N) is 5. The molecule has 1 aliphatic heterocycles. The van der Waals surface area contributed by atoms with Crippen LogP contribution in [0.4, 0.5) is 14.9 Å². The van der Waals surface area contributed by atoms with E-state index in [0.717, 1.165) is 69.1 Å². The van der Waals surface area contributed by atoms with Gasteiger partial charge >= 0.3 is 6.09 Å². The van der Waals surface area contributed by atoms with Crippen molar-refractivity contribution in [3.8, 4) is 22.8 Å². The highest BCUT2D eigenvalue weighted by molar-refractivity contribution is 6.07. The minimum Gasteiger partial charge on any atom is -0.483 e. The van der Waals surface area contributed by atoms with E-state index in [-0.39, 0.29) is 36.6 Å². The van der Waals surface area contributed by atoms with E-state index in [4.69, 9.17) is 29.0 Å². The Kier molecular flexibility index (Phi) is 13.3. The van der Waals surface area contributed by atoms with E-state index in [1.807, 2.05) is 88.7 Å². The largest absolute Gasteiger partial charge is 0.483 e. The molecule has 0 spiro atoms. The van der Waals surface area contributed by atoms with Crippen molar-refractivity contribution in [3.05, 3.63) is 185 Å². The van der Waals surface area contributed by atoms with Crippen molar-refractivity contribution in [2.24, 2.45) is 0 Å². The molecule has 10 rings (SSSR count). The lowest BCUT2D eigenvalue weighted by Crippen LogP contribution is -2.39. The average molecular weight is 966 g/mol. The summed E-state index contributed by atoms with van der Waals surface area (Å²) >= 11 is 0. The molecule has 1 saturated carbocycles. The number of likely N-dealkylation sites (tertiary alicyclic amines) is 1. The molecule has 2 aromatic heterocycles. The first kappa shape index (κ1) is 48.4. The SMILES string of the molecule is CO[C@@H](C)COc1cc(N(C)[C@H]2CCN(C(=O)OC(C)(C)C)C2)c2cc(C3CC3)c(-c3c(C)c(F)cc4nn(C(c5ccccc5)(c5ccccc5)c5ccccc5)cc34)c(O[C@@H](C)c3ccccc3)c2n1. The second-order valence-electron chi connectivity index (χ2n) is 20.5. The third kappa shape index (κ3) is 9.26. The first-order valence-electron chi connectivity index (χ1n) is 25.2. The number of aromatic nitrogens is 3. The van der Waals surface area contributed by atoms with E-state index < -0.39 is 17.2 Å². The van der Waals surface area contributed by atoms with Gasteiger partial charge < -0.3 is 28.7 Å². The summed E-state index contributed by atoms with van der Waals surface area (Å²) in [4.78, 5) is 22.8. The maximum absolute atomic E-state index is 17.2. The summed E-state index contributed by atoms with van der Waals surface area (Å²) in [6.45, 7) is 12.8. The van der Waals surface area contributed by atoms with Gasteiger partial charge in [0.1, 0.15) is 35.2 Å². The van der Waals surface area contributed by atoms with Gasteiger partial charge in [0.15, 0.2) is 5.75 Å². The highest BCUT2D eigenvalue weighted by atomic mass is 19.1. The first-order valence-corrected chi connectivity index (χ1v) is 25.2. The fraction of sp³-hybridized carbons (Fsp3) is 0.328. The van der Waals surface area contributed by atoms with Crippen molar-refractivity contribution in [2.45, 2.75) is 96.1 Å². The Morgan fingerprint density at radius 2 is 1.40 bits per heavy atom. The van der Waals surface area contributed by atoms with Crippen molar-refractivity contribution in [3.63, 3.8) is 0 Å². The number of rotatable bonds is 15. The van der Waals surface area contributed by atoms with E-state index in [0.29, 0.717) is 46.9 Å². The van der Waals surface area contributed by atoms with Gasteiger partial charge in [-0.15, -0.1) is 0 Å². The number of benzene rings is 6. The normalized spacial score (nSPS) is 16.0. The van der Waals surface area contributed by atoms with Crippen molar-refractivity contribution in [1.29, 1.82) is 0 Å². The van der Waals surface area contributed by atoms with Gasteiger partial charge in [-0.3, -0.25) is 4.68 Å². The number of carbonyl (C=O) groups excluding carboxylic acids is 1. The molecule has 0 bridgehead atoms. The molecule has 72 heavy (non-hydrogen) atoms. The van der Waals surface area contributed by atoms with Crippen molar-refractivity contribution in [1.82, 2.24) is 19.7 Å². The average Bonchev–Trinajstić information content (AvgIpc) is 3.96. The third-order valence-electron chi connectivity index (χ3n) is 14.4. The summed E-state index contributed by atoms with van der Waals surface area (Å²) in [7, 11) is 3.73. The molecule has 1 saturated heterocycles. The molecule has 3 atom stereocenters. The molecule has 1 amide bonds. The molecule has 6 aromatic carbocycles. The highest BCUT2D eigenvalue weighted by Gasteiger charge is 2.41. The minimum absolute atomic E-state index is 0.0411. The third-order valence-corrected chi connectivity index (χ3v) is 14.4. The standard InChI is InChI=1S/C61H64FN5O5/c1-39(69-8)38-70-54-35-53(65(7)47-31-32-66(36-47)59(68)72-60(4,5)6)49-33-48(43-29-30-43)56(58(57(49)63-54)71-41(3)42-21-13-9-14-22-42)55-40(2)51(62)34-52-50(55)37-67(64-52)61(44-23-15-10-16-24-44,45-25-17-11-18-26-45)46-27-19-12-20-28-46/h9-28,33-35,37,39,41,43,47H,29-32,36,38H2,1-8H3/t39-,41-,47-/m0/s1. The number of anilines is 1. The Morgan fingerprint density at radius 3 is 1.97 bits per heavy atom. The van der Waals surface area contributed by atoms with Crippen LogP contribution in [0.5, 0.6) is 11.6 Å². The molecular weight excluding hydrogens is 902 g/mol. The van der Waals surface area contributed by atoms with Gasteiger partial charge in [-0.05, 0) is 106 Å². The Balaban J connectivity index is 1.25. The predicted molar refractivity (Wildman–Crippen MR) is 284 cm³/mol. The fourth-order valence-electron chi connectivity index (χ4n) is 10.4. The molecule has 11 heteroatoms. The molecule has 8 aromatic rings. The van der Waals surface area contributed by atoms with E-state index in [9.17, 15) is 4.79 Å². The van der Waals surface area contributed by atoms with Crippen LogP contribution in [-0.2, 0) is 15.0 Å². The molecule has 2 fully saturated rings. The quantitative estimate of drug-likeness (QED) is 0.0939. The second kappa shape index (κ2) is 19.8. The second-order valence-corrected chi connectivity index (χ2v) is 20.5. The minimum atomic E-state index is -0.944. The maximum atomic E-state index is 17.2. The Morgan fingerprint density at radius 1 is 0.806 bits per heavy atom. The number of carbonyl (C=O) groups is 1. The van der Waals surface area contributed by atoms with Crippen LogP contribution in [-0.4, -0.2) is 77.4 Å². The zero-order valence-corrected chi connectivity index (χ0v) is 42.6. The summed E-state index contributed by atoms with van der Waals surface area (Å²) in [5.74, 6) is 0.737. The lowest BCUT2D eigenvalue weighted by Gasteiger charge is -2.36. The Bertz CT molecular complexity index is 3110.